The normalized spacial score (nSPS) is 14.2. The van der Waals surface area contributed by atoms with Gasteiger partial charge in [-0.2, -0.15) is 0 Å². The number of hydrogen-bond acceptors (Lipinski definition) is 5. The molecule has 0 bridgehead atoms. The van der Waals surface area contributed by atoms with Crippen LogP contribution in [0.1, 0.15) is 43.0 Å². The maximum Gasteiger partial charge on any atom is 0.269 e. The Morgan fingerprint density at radius 1 is 0.967 bits per heavy atom. The Morgan fingerprint density at radius 3 is 2.20 bits per heavy atom. The molecule has 2 aromatic carbocycles. The zero-order chi connectivity index (χ0) is 21.6. The van der Waals surface area contributed by atoms with Gasteiger partial charge in [0.15, 0.2) is 0 Å². The fourth-order valence-electron chi connectivity index (χ4n) is 3.27. The van der Waals surface area contributed by atoms with Crippen LogP contribution in [-0.2, 0) is 14.8 Å². The van der Waals surface area contributed by atoms with Crippen LogP contribution >= 0.6 is 0 Å². The van der Waals surface area contributed by atoms with Gasteiger partial charge in [-0.05, 0) is 68.3 Å². The minimum Gasteiger partial charge on any atom is -0.494 e. The molecule has 3 N–H and O–H groups in total. The lowest BCUT2D eigenvalue weighted by Crippen LogP contribution is -2.44. The first-order valence-electron chi connectivity index (χ1n) is 9.85. The standard InChI is InChI=1S/C21H25N3O5S/c1-2-29-18-11-13-19(14-12-18)30(27,28)24-17-9-7-16(8-10-17)21(26)23-22-20(25)15-5-3-4-6-15/h7-15,24H,2-6H2,1H3,(H,22,25)(H,23,26). The summed E-state index contributed by atoms with van der Waals surface area (Å²) >= 11 is 0. The molecule has 0 atom stereocenters. The predicted octanol–water partition coefficient (Wildman–Crippen LogP) is 2.84. The van der Waals surface area contributed by atoms with Crippen molar-refractivity contribution in [3.8, 4) is 5.75 Å². The van der Waals surface area contributed by atoms with Gasteiger partial charge in [0.25, 0.3) is 15.9 Å². The molecule has 30 heavy (non-hydrogen) atoms. The van der Waals surface area contributed by atoms with Crippen molar-refractivity contribution in [3.63, 3.8) is 0 Å². The van der Waals surface area contributed by atoms with E-state index >= 15 is 0 Å². The van der Waals surface area contributed by atoms with Crippen molar-refractivity contribution < 1.29 is 22.7 Å². The summed E-state index contributed by atoms with van der Waals surface area (Å²) in [5, 5.41) is 0. The van der Waals surface area contributed by atoms with Crippen LogP contribution in [0.4, 0.5) is 5.69 Å². The number of rotatable bonds is 7. The maximum atomic E-state index is 12.5. The summed E-state index contributed by atoms with van der Waals surface area (Å²) in [6.07, 6.45) is 3.73. The molecule has 0 saturated heterocycles. The summed E-state index contributed by atoms with van der Waals surface area (Å²) in [7, 11) is -3.77. The van der Waals surface area contributed by atoms with Crippen LogP contribution in [0.25, 0.3) is 0 Å². The Labute approximate surface area is 176 Å². The molecular formula is C21H25N3O5S. The molecule has 1 saturated carbocycles. The molecule has 0 unspecified atom stereocenters. The first kappa shape index (κ1) is 21.6. The molecule has 9 heteroatoms. The highest BCUT2D eigenvalue weighted by Gasteiger charge is 2.23. The van der Waals surface area contributed by atoms with E-state index in [2.05, 4.69) is 15.6 Å². The van der Waals surface area contributed by atoms with Gasteiger partial charge in [0.1, 0.15) is 5.75 Å². The Hall–Kier alpha value is -3.07. The van der Waals surface area contributed by atoms with Gasteiger partial charge in [0.2, 0.25) is 5.91 Å². The van der Waals surface area contributed by atoms with E-state index < -0.39 is 15.9 Å². The zero-order valence-electron chi connectivity index (χ0n) is 16.7. The smallest absolute Gasteiger partial charge is 0.269 e. The molecule has 3 rings (SSSR count). The Kier molecular flexibility index (Phi) is 6.94. The highest BCUT2D eigenvalue weighted by Crippen LogP contribution is 2.24. The zero-order valence-corrected chi connectivity index (χ0v) is 17.5. The summed E-state index contributed by atoms with van der Waals surface area (Å²) in [5.41, 5.74) is 5.46. The third-order valence-electron chi connectivity index (χ3n) is 4.87. The predicted molar refractivity (Wildman–Crippen MR) is 112 cm³/mol. The molecule has 0 heterocycles. The van der Waals surface area contributed by atoms with Crippen molar-refractivity contribution in [2.45, 2.75) is 37.5 Å². The minimum absolute atomic E-state index is 0.0512. The van der Waals surface area contributed by atoms with Gasteiger partial charge >= 0.3 is 0 Å². The molecule has 1 aliphatic carbocycles. The largest absolute Gasteiger partial charge is 0.494 e. The summed E-state index contributed by atoms with van der Waals surface area (Å²) in [6, 6.07) is 12.0. The maximum absolute atomic E-state index is 12.5. The Morgan fingerprint density at radius 2 is 1.60 bits per heavy atom. The monoisotopic (exact) mass is 431 g/mol. The van der Waals surface area contributed by atoms with Crippen molar-refractivity contribution in [3.05, 3.63) is 54.1 Å². The molecule has 1 fully saturated rings. The van der Waals surface area contributed by atoms with Crippen LogP contribution in [0.2, 0.25) is 0 Å². The number of anilines is 1. The van der Waals surface area contributed by atoms with Crippen LogP contribution in [0, 0.1) is 5.92 Å². The molecular weight excluding hydrogens is 406 g/mol. The highest BCUT2D eigenvalue weighted by atomic mass is 32.2. The van der Waals surface area contributed by atoms with Crippen molar-refractivity contribution in [2.75, 3.05) is 11.3 Å². The molecule has 0 aliphatic heterocycles. The summed E-state index contributed by atoms with van der Waals surface area (Å²) in [5.74, 6) is -0.112. The average Bonchev–Trinajstić information content (AvgIpc) is 3.28. The topological polar surface area (TPSA) is 114 Å². The second-order valence-electron chi connectivity index (χ2n) is 7.01. The van der Waals surface area contributed by atoms with Crippen LogP contribution in [0.15, 0.2) is 53.4 Å². The van der Waals surface area contributed by atoms with Crippen molar-refractivity contribution >= 4 is 27.5 Å². The number of amides is 2. The van der Waals surface area contributed by atoms with Gasteiger partial charge in [-0.1, -0.05) is 12.8 Å². The van der Waals surface area contributed by atoms with Crippen LogP contribution in [0.3, 0.4) is 0 Å². The average molecular weight is 432 g/mol. The van der Waals surface area contributed by atoms with E-state index in [4.69, 9.17) is 4.74 Å². The highest BCUT2D eigenvalue weighted by molar-refractivity contribution is 7.92. The third kappa shape index (κ3) is 5.50. The van der Waals surface area contributed by atoms with E-state index in [9.17, 15) is 18.0 Å². The van der Waals surface area contributed by atoms with E-state index in [0.717, 1.165) is 25.7 Å². The molecule has 0 radical (unpaired) electrons. The number of carbonyl (C=O) groups is 2. The first-order valence-corrected chi connectivity index (χ1v) is 11.3. The molecule has 2 aromatic rings. The van der Waals surface area contributed by atoms with Gasteiger partial charge in [-0.15, -0.1) is 0 Å². The van der Waals surface area contributed by atoms with E-state index in [0.29, 0.717) is 23.6 Å². The lowest BCUT2D eigenvalue weighted by atomic mass is 10.1. The molecule has 0 spiro atoms. The number of benzene rings is 2. The summed E-state index contributed by atoms with van der Waals surface area (Å²) in [6.45, 7) is 2.34. The van der Waals surface area contributed by atoms with Crippen molar-refractivity contribution in [1.29, 1.82) is 0 Å². The van der Waals surface area contributed by atoms with Crippen LogP contribution < -0.4 is 20.3 Å². The lowest BCUT2D eigenvalue weighted by Gasteiger charge is -2.12. The van der Waals surface area contributed by atoms with Crippen LogP contribution in [0.5, 0.6) is 5.75 Å². The Balaban J connectivity index is 1.57. The van der Waals surface area contributed by atoms with E-state index in [1.165, 1.54) is 36.4 Å². The van der Waals surface area contributed by atoms with E-state index in [-0.39, 0.29) is 16.7 Å². The number of hydrazine groups is 1. The van der Waals surface area contributed by atoms with E-state index in [1.807, 2.05) is 6.92 Å². The summed E-state index contributed by atoms with van der Waals surface area (Å²) < 4.78 is 32.8. The van der Waals surface area contributed by atoms with Gasteiger partial charge in [0.05, 0.1) is 11.5 Å². The lowest BCUT2D eigenvalue weighted by molar-refractivity contribution is -0.125. The van der Waals surface area contributed by atoms with Crippen molar-refractivity contribution in [2.24, 2.45) is 5.92 Å². The van der Waals surface area contributed by atoms with Gasteiger partial charge in [-0.25, -0.2) is 8.42 Å². The number of carbonyl (C=O) groups excluding carboxylic acids is 2. The number of nitrogens with one attached hydrogen (secondary N) is 3. The first-order chi connectivity index (χ1) is 14.4. The third-order valence-corrected chi connectivity index (χ3v) is 6.27. The second-order valence-corrected chi connectivity index (χ2v) is 8.69. The fourth-order valence-corrected chi connectivity index (χ4v) is 4.32. The molecule has 0 aromatic heterocycles. The van der Waals surface area contributed by atoms with Crippen LogP contribution in [-0.4, -0.2) is 26.8 Å². The molecule has 1 aliphatic rings. The fraction of sp³-hybridized carbons (Fsp3) is 0.333. The number of hydrogen-bond donors (Lipinski definition) is 3. The van der Waals surface area contributed by atoms with E-state index in [1.54, 1.807) is 12.1 Å². The van der Waals surface area contributed by atoms with Crippen molar-refractivity contribution in [1.82, 2.24) is 10.9 Å². The summed E-state index contributed by atoms with van der Waals surface area (Å²) in [4.78, 5) is 24.3. The van der Waals surface area contributed by atoms with Gasteiger partial charge < -0.3 is 4.74 Å². The van der Waals surface area contributed by atoms with Gasteiger partial charge in [-0.3, -0.25) is 25.2 Å². The molecule has 8 nitrogen and oxygen atoms in total. The molecule has 2 amide bonds. The van der Waals surface area contributed by atoms with Gasteiger partial charge in [0, 0.05) is 17.2 Å². The minimum atomic E-state index is -3.77. The second kappa shape index (κ2) is 9.62. The quantitative estimate of drug-likeness (QED) is 0.584. The Bertz CT molecular complexity index is 982. The number of ether oxygens (including phenoxy) is 1. The SMILES string of the molecule is CCOc1ccc(S(=O)(=O)Nc2ccc(C(=O)NNC(=O)C3CCCC3)cc2)cc1. The number of sulfonamides is 1. The molecule has 160 valence electrons.